The molecule has 0 bridgehead atoms. The van der Waals surface area contributed by atoms with Gasteiger partial charge in [-0.25, -0.2) is 4.39 Å². The van der Waals surface area contributed by atoms with Crippen LogP contribution in [0.15, 0.2) is 22.7 Å². The summed E-state index contributed by atoms with van der Waals surface area (Å²) in [5.41, 5.74) is 0.590. The third kappa shape index (κ3) is 4.52. The highest BCUT2D eigenvalue weighted by Crippen LogP contribution is 2.20. The second kappa shape index (κ2) is 6.89. The average molecular weight is 288 g/mol. The van der Waals surface area contributed by atoms with Crippen LogP contribution in [-0.2, 0) is 0 Å². The Kier molecular flexibility index (Phi) is 5.81. The van der Waals surface area contributed by atoms with Crippen molar-refractivity contribution in [1.82, 2.24) is 0 Å². The standard InChI is InChI=1S/C13H19BrFN/c1-3-4-5-6-10(2)16-13-8-7-11(14)9-12(13)15/h7-10,16H,3-6H2,1-2H3. The molecule has 1 aromatic carbocycles. The van der Waals surface area contributed by atoms with Gasteiger partial charge in [0.05, 0.1) is 5.69 Å². The van der Waals surface area contributed by atoms with Crippen molar-refractivity contribution in [2.75, 3.05) is 5.32 Å². The summed E-state index contributed by atoms with van der Waals surface area (Å²) in [7, 11) is 0. The molecule has 0 saturated carbocycles. The molecule has 1 atom stereocenters. The second-order valence-corrected chi connectivity index (χ2v) is 5.08. The Bertz CT molecular complexity index is 328. The second-order valence-electron chi connectivity index (χ2n) is 4.17. The van der Waals surface area contributed by atoms with Crippen LogP contribution in [0, 0.1) is 5.82 Å². The fraction of sp³-hybridized carbons (Fsp3) is 0.538. The minimum atomic E-state index is -0.197. The van der Waals surface area contributed by atoms with Crippen molar-refractivity contribution < 1.29 is 4.39 Å². The van der Waals surface area contributed by atoms with Gasteiger partial charge >= 0.3 is 0 Å². The molecule has 0 aliphatic rings. The first kappa shape index (κ1) is 13.5. The van der Waals surface area contributed by atoms with Crippen molar-refractivity contribution in [3.05, 3.63) is 28.5 Å². The molecule has 1 unspecified atom stereocenters. The van der Waals surface area contributed by atoms with E-state index < -0.39 is 0 Å². The molecule has 0 aliphatic carbocycles. The zero-order chi connectivity index (χ0) is 12.0. The van der Waals surface area contributed by atoms with Crippen molar-refractivity contribution in [1.29, 1.82) is 0 Å². The van der Waals surface area contributed by atoms with Crippen LogP contribution in [0.4, 0.5) is 10.1 Å². The van der Waals surface area contributed by atoms with Crippen LogP contribution in [-0.4, -0.2) is 6.04 Å². The maximum atomic E-state index is 13.5. The summed E-state index contributed by atoms with van der Waals surface area (Å²) in [6.45, 7) is 4.28. The molecular formula is C13H19BrFN. The zero-order valence-corrected chi connectivity index (χ0v) is 11.5. The summed E-state index contributed by atoms with van der Waals surface area (Å²) in [6, 6.07) is 5.43. The molecule has 0 heterocycles. The van der Waals surface area contributed by atoms with Gasteiger partial charge < -0.3 is 5.32 Å². The first-order valence-electron chi connectivity index (χ1n) is 5.85. The maximum absolute atomic E-state index is 13.5. The summed E-state index contributed by atoms with van der Waals surface area (Å²) >= 11 is 3.25. The van der Waals surface area contributed by atoms with Gasteiger partial charge in [0, 0.05) is 10.5 Å². The van der Waals surface area contributed by atoms with E-state index in [9.17, 15) is 4.39 Å². The highest BCUT2D eigenvalue weighted by molar-refractivity contribution is 9.10. The molecule has 0 fully saturated rings. The number of hydrogen-bond donors (Lipinski definition) is 1. The van der Waals surface area contributed by atoms with E-state index in [0.29, 0.717) is 11.7 Å². The molecule has 0 saturated heterocycles. The molecule has 16 heavy (non-hydrogen) atoms. The fourth-order valence-corrected chi connectivity index (χ4v) is 1.98. The molecule has 0 radical (unpaired) electrons. The molecule has 1 aromatic rings. The number of rotatable bonds is 6. The molecule has 1 N–H and O–H groups in total. The van der Waals surface area contributed by atoms with E-state index in [0.717, 1.165) is 10.9 Å². The molecule has 0 spiro atoms. The monoisotopic (exact) mass is 287 g/mol. The van der Waals surface area contributed by atoms with Crippen molar-refractivity contribution in [3.63, 3.8) is 0 Å². The first-order valence-corrected chi connectivity index (χ1v) is 6.64. The lowest BCUT2D eigenvalue weighted by Crippen LogP contribution is -2.15. The third-order valence-corrected chi connectivity index (χ3v) is 3.07. The van der Waals surface area contributed by atoms with Crippen LogP contribution in [0.2, 0.25) is 0 Å². The van der Waals surface area contributed by atoms with Gasteiger partial charge in [-0.15, -0.1) is 0 Å². The van der Waals surface area contributed by atoms with E-state index in [4.69, 9.17) is 0 Å². The highest BCUT2D eigenvalue weighted by Gasteiger charge is 2.06. The Morgan fingerprint density at radius 1 is 1.38 bits per heavy atom. The summed E-state index contributed by atoms with van der Waals surface area (Å²) < 4.78 is 14.3. The summed E-state index contributed by atoms with van der Waals surface area (Å²) in [6.07, 6.45) is 4.75. The van der Waals surface area contributed by atoms with Gasteiger partial charge in [0.15, 0.2) is 0 Å². The van der Waals surface area contributed by atoms with Crippen LogP contribution < -0.4 is 5.32 Å². The number of nitrogens with one attached hydrogen (secondary N) is 1. The molecule has 1 rings (SSSR count). The smallest absolute Gasteiger partial charge is 0.147 e. The number of anilines is 1. The highest BCUT2D eigenvalue weighted by atomic mass is 79.9. The minimum Gasteiger partial charge on any atom is -0.380 e. The quantitative estimate of drug-likeness (QED) is 0.729. The van der Waals surface area contributed by atoms with Gasteiger partial charge in [-0.1, -0.05) is 42.1 Å². The van der Waals surface area contributed by atoms with E-state index in [1.807, 2.05) is 6.07 Å². The Morgan fingerprint density at radius 3 is 2.75 bits per heavy atom. The lowest BCUT2D eigenvalue weighted by atomic mass is 10.1. The number of hydrogen-bond acceptors (Lipinski definition) is 1. The molecular weight excluding hydrogens is 269 g/mol. The minimum absolute atomic E-state index is 0.197. The lowest BCUT2D eigenvalue weighted by Gasteiger charge is -2.15. The van der Waals surface area contributed by atoms with Crippen LogP contribution in [0.1, 0.15) is 39.5 Å². The normalized spacial score (nSPS) is 12.5. The van der Waals surface area contributed by atoms with Crippen LogP contribution in [0.3, 0.4) is 0 Å². The Labute approximate surface area is 106 Å². The van der Waals surface area contributed by atoms with Crippen molar-refractivity contribution >= 4 is 21.6 Å². The molecule has 1 nitrogen and oxygen atoms in total. The Morgan fingerprint density at radius 2 is 2.12 bits per heavy atom. The average Bonchev–Trinajstić information content (AvgIpc) is 2.23. The van der Waals surface area contributed by atoms with E-state index >= 15 is 0 Å². The van der Waals surface area contributed by atoms with E-state index in [2.05, 4.69) is 35.1 Å². The van der Waals surface area contributed by atoms with Crippen molar-refractivity contribution in [2.45, 2.75) is 45.6 Å². The topological polar surface area (TPSA) is 12.0 Å². The van der Waals surface area contributed by atoms with Crippen LogP contribution in [0.25, 0.3) is 0 Å². The molecule has 3 heteroatoms. The van der Waals surface area contributed by atoms with Crippen molar-refractivity contribution in [2.24, 2.45) is 0 Å². The molecule has 0 aromatic heterocycles. The largest absolute Gasteiger partial charge is 0.380 e. The van der Waals surface area contributed by atoms with Crippen molar-refractivity contribution in [3.8, 4) is 0 Å². The van der Waals surface area contributed by atoms with Crippen LogP contribution >= 0.6 is 15.9 Å². The fourth-order valence-electron chi connectivity index (χ4n) is 1.64. The summed E-state index contributed by atoms with van der Waals surface area (Å²) in [4.78, 5) is 0. The number of unbranched alkanes of at least 4 members (excludes halogenated alkanes) is 2. The van der Waals surface area contributed by atoms with Gasteiger partial charge in [-0.2, -0.15) is 0 Å². The zero-order valence-electron chi connectivity index (χ0n) is 9.89. The first-order chi connectivity index (χ1) is 7.63. The van der Waals surface area contributed by atoms with Gasteiger partial charge in [0.25, 0.3) is 0 Å². The SMILES string of the molecule is CCCCCC(C)Nc1ccc(Br)cc1F. The van der Waals surface area contributed by atoms with E-state index in [1.54, 1.807) is 6.07 Å². The predicted molar refractivity (Wildman–Crippen MR) is 71.3 cm³/mol. The third-order valence-electron chi connectivity index (χ3n) is 2.57. The predicted octanol–water partition coefficient (Wildman–Crippen LogP) is 4.97. The Hall–Kier alpha value is -0.570. The Balaban J connectivity index is 2.46. The van der Waals surface area contributed by atoms with Crippen LogP contribution in [0.5, 0.6) is 0 Å². The van der Waals surface area contributed by atoms with E-state index in [1.165, 1.54) is 25.3 Å². The van der Waals surface area contributed by atoms with Gasteiger partial charge in [-0.05, 0) is 31.5 Å². The number of halogens is 2. The molecule has 90 valence electrons. The maximum Gasteiger partial charge on any atom is 0.147 e. The molecule has 0 aliphatic heterocycles. The van der Waals surface area contributed by atoms with Gasteiger partial charge in [0.2, 0.25) is 0 Å². The molecule has 0 amide bonds. The van der Waals surface area contributed by atoms with Gasteiger partial charge in [-0.3, -0.25) is 0 Å². The summed E-state index contributed by atoms with van der Waals surface area (Å²) in [5, 5.41) is 3.20. The van der Waals surface area contributed by atoms with Gasteiger partial charge in [0.1, 0.15) is 5.82 Å². The summed E-state index contributed by atoms with van der Waals surface area (Å²) in [5.74, 6) is -0.197. The number of benzene rings is 1. The van der Waals surface area contributed by atoms with E-state index in [-0.39, 0.29) is 5.82 Å². The lowest BCUT2D eigenvalue weighted by molar-refractivity contribution is 0.599.